The number of nitrogens with zero attached hydrogens (tertiary/aromatic N) is 5. The molecule has 1 saturated heterocycles. The fourth-order valence-corrected chi connectivity index (χ4v) is 3.53. The second-order valence-corrected chi connectivity index (χ2v) is 6.61. The van der Waals surface area contributed by atoms with Crippen LogP contribution in [0.1, 0.15) is 28.7 Å². The summed E-state index contributed by atoms with van der Waals surface area (Å²) >= 11 is 0. The van der Waals surface area contributed by atoms with E-state index < -0.39 is 5.97 Å². The minimum atomic E-state index is -1.02. The van der Waals surface area contributed by atoms with E-state index in [9.17, 15) is 4.79 Å². The van der Waals surface area contributed by atoms with Crippen LogP contribution in [0.4, 0.5) is 5.95 Å². The van der Waals surface area contributed by atoms with Gasteiger partial charge in [-0.15, -0.1) is 0 Å². The highest BCUT2D eigenvalue weighted by Crippen LogP contribution is 2.51. The molecule has 2 aromatic rings. The molecule has 1 unspecified atom stereocenters. The summed E-state index contributed by atoms with van der Waals surface area (Å²) in [6.07, 6.45) is 4.88. The standard InChI is InChI=1S/C16H19N5O2/c1-9-12-5-21(6-13(9)12)16-17-3-11(10(2)19-16)4-20-7-14(15(22)23)18-8-20/h3,7-9,12-13H,4-6H2,1-2H3,(H,22,23)/t9?,12-,13+. The molecule has 4 rings (SSSR count). The molecule has 1 saturated carbocycles. The molecule has 7 heteroatoms. The van der Waals surface area contributed by atoms with Crippen molar-refractivity contribution in [2.45, 2.75) is 20.4 Å². The summed E-state index contributed by atoms with van der Waals surface area (Å²) < 4.78 is 1.74. The number of imidazole rings is 1. The molecule has 2 aliphatic rings. The largest absolute Gasteiger partial charge is 0.476 e. The Hall–Kier alpha value is -2.44. The smallest absolute Gasteiger partial charge is 0.356 e. The van der Waals surface area contributed by atoms with Gasteiger partial charge in [0.2, 0.25) is 5.95 Å². The van der Waals surface area contributed by atoms with Crippen LogP contribution in [0.25, 0.3) is 0 Å². The number of aromatic nitrogens is 4. The Balaban J connectivity index is 1.48. The van der Waals surface area contributed by atoms with Crippen molar-refractivity contribution in [3.63, 3.8) is 0 Å². The summed E-state index contributed by atoms with van der Waals surface area (Å²) in [6, 6.07) is 0. The molecule has 0 spiro atoms. The highest BCUT2D eigenvalue weighted by Gasteiger charge is 2.53. The number of carboxylic acid groups (broad SMARTS) is 1. The van der Waals surface area contributed by atoms with E-state index in [2.05, 4.69) is 26.8 Å². The summed E-state index contributed by atoms with van der Waals surface area (Å²) in [5.41, 5.74) is 1.95. The molecular weight excluding hydrogens is 294 g/mol. The highest BCUT2D eigenvalue weighted by molar-refractivity contribution is 5.84. The molecule has 1 aliphatic carbocycles. The van der Waals surface area contributed by atoms with Crippen LogP contribution in [-0.2, 0) is 6.54 Å². The molecule has 2 fully saturated rings. The van der Waals surface area contributed by atoms with Crippen LogP contribution >= 0.6 is 0 Å². The van der Waals surface area contributed by atoms with Gasteiger partial charge >= 0.3 is 5.97 Å². The van der Waals surface area contributed by atoms with Gasteiger partial charge in [-0.05, 0) is 24.7 Å². The number of hydrogen-bond donors (Lipinski definition) is 1. The Morgan fingerprint density at radius 1 is 1.35 bits per heavy atom. The lowest BCUT2D eigenvalue weighted by molar-refractivity contribution is 0.0691. The van der Waals surface area contributed by atoms with E-state index in [-0.39, 0.29) is 5.69 Å². The van der Waals surface area contributed by atoms with E-state index in [0.29, 0.717) is 6.54 Å². The minimum Gasteiger partial charge on any atom is -0.476 e. The van der Waals surface area contributed by atoms with Gasteiger partial charge in [-0.1, -0.05) is 6.92 Å². The summed E-state index contributed by atoms with van der Waals surface area (Å²) in [5.74, 6) is 2.28. The SMILES string of the molecule is Cc1nc(N2C[C@@H]3C(C)[C@@H]3C2)ncc1Cn1cnc(C(=O)O)c1. The second-order valence-electron chi connectivity index (χ2n) is 6.61. The molecule has 1 aliphatic heterocycles. The van der Waals surface area contributed by atoms with Crippen LogP contribution in [-0.4, -0.2) is 43.7 Å². The monoisotopic (exact) mass is 313 g/mol. The van der Waals surface area contributed by atoms with E-state index in [1.54, 1.807) is 4.57 Å². The lowest BCUT2D eigenvalue weighted by atomic mass is 10.2. The van der Waals surface area contributed by atoms with E-state index in [0.717, 1.165) is 48.0 Å². The van der Waals surface area contributed by atoms with Gasteiger partial charge in [-0.2, -0.15) is 0 Å². The van der Waals surface area contributed by atoms with Crippen molar-refractivity contribution in [2.24, 2.45) is 17.8 Å². The van der Waals surface area contributed by atoms with Crippen molar-refractivity contribution in [3.8, 4) is 0 Å². The molecule has 7 nitrogen and oxygen atoms in total. The average Bonchev–Trinajstić information content (AvgIpc) is 2.94. The topological polar surface area (TPSA) is 84.1 Å². The van der Waals surface area contributed by atoms with Crippen LogP contribution in [0.15, 0.2) is 18.7 Å². The molecule has 1 N–H and O–H groups in total. The molecule has 120 valence electrons. The van der Waals surface area contributed by atoms with Crippen molar-refractivity contribution in [2.75, 3.05) is 18.0 Å². The quantitative estimate of drug-likeness (QED) is 0.919. The van der Waals surface area contributed by atoms with E-state index in [1.807, 2.05) is 13.1 Å². The number of hydrogen-bond acceptors (Lipinski definition) is 5. The second kappa shape index (κ2) is 5.04. The summed E-state index contributed by atoms with van der Waals surface area (Å²) in [5, 5.41) is 8.91. The maximum absolute atomic E-state index is 10.9. The molecule has 0 aromatic carbocycles. The van der Waals surface area contributed by atoms with E-state index >= 15 is 0 Å². The van der Waals surface area contributed by atoms with Crippen molar-refractivity contribution in [3.05, 3.63) is 35.7 Å². The third-order valence-electron chi connectivity index (χ3n) is 5.18. The van der Waals surface area contributed by atoms with Crippen LogP contribution in [0, 0.1) is 24.7 Å². The number of piperidine rings is 1. The third-order valence-corrected chi connectivity index (χ3v) is 5.18. The number of aromatic carboxylic acids is 1. The minimum absolute atomic E-state index is 0.0469. The lowest BCUT2D eigenvalue weighted by Gasteiger charge is -2.19. The predicted octanol–water partition coefficient (Wildman–Crippen LogP) is 1.43. The number of fused-ring (bicyclic) bond motifs is 1. The number of carbonyl (C=O) groups is 1. The van der Waals surface area contributed by atoms with E-state index in [1.165, 1.54) is 12.5 Å². The number of anilines is 1. The molecule has 2 aromatic heterocycles. The average molecular weight is 313 g/mol. The number of carboxylic acids is 1. The first kappa shape index (κ1) is 14.2. The number of aryl methyl sites for hydroxylation is 1. The Morgan fingerprint density at radius 2 is 2.09 bits per heavy atom. The van der Waals surface area contributed by atoms with E-state index in [4.69, 9.17) is 5.11 Å². The first-order valence-corrected chi connectivity index (χ1v) is 7.85. The molecule has 3 atom stereocenters. The van der Waals surface area contributed by atoms with Crippen molar-refractivity contribution in [1.29, 1.82) is 0 Å². The normalized spacial score (nSPS) is 25.5. The van der Waals surface area contributed by atoms with Crippen LogP contribution < -0.4 is 4.90 Å². The van der Waals surface area contributed by atoms with Crippen molar-refractivity contribution < 1.29 is 9.90 Å². The van der Waals surface area contributed by atoms with Gasteiger partial charge in [-0.25, -0.2) is 19.7 Å². The van der Waals surface area contributed by atoms with Gasteiger partial charge in [-0.3, -0.25) is 0 Å². The first-order valence-electron chi connectivity index (χ1n) is 7.85. The number of rotatable bonds is 4. The maximum atomic E-state index is 10.9. The predicted molar refractivity (Wildman–Crippen MR) is 83.4 cm³/mol. The van der Waals surface area contributed by atoms with Crippen LogP contribution in [0.2, 0.25) is 0 Å². The summed E-state index contributed by atoms with van der Waals surface area (Å²) in [7, 11) is 0. The Bertz CT molecular complexity index is 760. The van der Waals surface area contributed by atoms with Crippen LogP contribution in [0.3, 0.4) is 0 Å². The zero-order valence-corrected chi connectivity index (χ0v) is 13.2. The van der Waals surface area contributed by atoms with Gasteiger partial charge in [0.15, 0.2) is 5.69 Å². The Labute approximate surface area is 134 Å². The summed E-state index contributed by atoms with van der Waals surface area (Å²) in [4.78, 5) is 26.1. The van der Waals surface area contributed by atoms with Gasteiger partial charge < -0.3 is 14.6 Å². The lowest BCUT2D eigenvalue weighted by Crippen LogP contribution is -2.26. The van der Waals surface area contributed by atoms with Crippen molar-refractivity contribution in [1.82, 2.24) is 19.5 Å². The van der Waals surface area contributed by atoms with Gasteiger partial charge in [0.1, 0.15) is 0 Å². The van der Waals surface area contributed by atoms with Gasteiger partial charge in [0.25, 0.3) is 0 Å². The zero-order chi connectivity index (χ0) is 16.1. The Kier molecular flexibility index (Phi) is 3.11. The molecular formula is C16H19N5O2. The third kappa shape index (κ3) is 2.46. The fraction of sp³-hybridized carbons (Fsp3) is 0.500. The molecule has 3 heterocycles. The van der Waals surface area contributed by atoms with Gasteiger partial charge in [0, 0.05) is 36.7 Å². The summed E-state index contributed by atoms with van der Waals surface area (Å²) in [6.45, 7) is 6.93. The Morgan fingerprint density at radius 3 is 2.70 bits per heavy atom. The van der Waals surface area contributed by atoms with Crippen LogP contribution in [0.5, 0.6) is 0 Å². The molecule has 0 amide bonds. The maximum Gasteiger partial charge on any atom is 0.356 e. The molecule has 0 radical (unpaired) electrons. The molecule has 23 heavy (non-hydrogen) atoms. The first-order chi connectivity index (χ1) is 11.0. The van der Waals surface area contributed by atoms with Crippen molar-refractivity contribution >= 4 is 11.9 Å². The fourth-order valence-electron chi connectivity index (χ4n) is 3.53. The van der Waals surface area contributed by atoms with Gasteiger partial charge in [0.05, 0.1) is 12.9 Å². The highest BCUT2D eigenvalue weighted by atomic mass is 16.4. The molecule has 0 bridgehead atoms. The zero-order valence-electron chi connectivity index (χ0n) is 13.2.